The summed E-state index contributed by atoms with van der Waals surface area (Å²) in [7, 11) is 1.98. The minimum Gasteiger partial charge on any atom is -0.483 e. The van der Waals surface area contributed by atoms with Crippen molar-refractivity contribution in [3.63, 3.8) is 0 Å². The van der Waals surface area contributed by atoms with Crippen LogP contribution in [0.1, 0.15) is 42.5 Å². The van der Waals surface area contributed by atoms with E-state index in [-0.39, 0.29) is 18.6 Å². The van der Waals surface area contributed by atoms with Crippen LogP contribution in [0.5, 0.6) is 5.75 Å². The predicted molar refractivity (Wildman–Crippen MR) is 113 cm³/mol. The molecule has 6 nitrogen and oxygen atoms in total. The van der Waals surface area contributed by atoms with Gasteiger partial charge in [0.25, 0.3) is 5.91 Å². The molecule has 156 valence electrons. The Balaban J connectivity index is 1.42. The second-order valence-electron chi connectivity index (χ2n) is 8.51. The third-order valence-electron chi connectivity index (χ3n) is 6.28. The number of carbonyl (C=O) groups excluding carboxylic acids is 1. The lowest BCUT2D eigenvalue weighted by atomic mass is 9.87. The number of amides is 1. The van der Waals surface area contributed by atoms with Crippen LogP contribution in [0.2, 0.25) is 0 Å². The van der Waals surface area contributed by atoms with Gasteiger partial charge in [-0.05, 0) is 50.2 Å². The van der Waals surface area contributed by atoms with Gasteiger partial charge in [0.1, 0.15) is 5.75 Å². The quantitative estimate of drug-likeness (QED) is 0.848. The van der Waals surface area contributed by atoms with Crippen LogP contribution in [-0.2, 0) is 24.8 Å². The van der Waals surface area contributed by atoms with Gasteiger partial charge >= 0.3 is 0 Å². The Hall–Kier alpha value is -2.34. The van der Waals surface area contributed by atoms with Gasteiger partial charge in [0.2, 0.25) is 0 Å². The molecule has 0 spiro atoms. The number of rotatable bonds is 2. The third kappa shape index (κ3) is 4.99. The van der Waals surface area contributed by atoms with Crippen molar-refractivity contribution in [2.75, 3.05) is 19.7 Å². The largest absolute Gasteiger partial charge is 0.483 e. The maximum atomic E-state index is 12.5. The minimum absolute atomic E-state index is 0.00747. The first-order valence-electron chi connectivity index (χ1n) is 10.8. The lowest BCUT2D eigenvalue weighted by molar-refractivity contribution is -0.124. The van der Waals surface area contributed by atoms with Gasteiger partial charge in [0.05, 0.1) is 5.69 Å². The van der Waals surface area contributed by atoms with Crippen LogP contribution < -0.4 is 10.1 Å². The van der Waals surface area contributed by atoms with Crippen molar-refractivity contribution in [3.8, 4) is 5.75 Å². The average molecular weight is 397 g/mol. The van der Waals surface area contributed by atoms with E-state index in [2.05, 4.69) is 34.5 Å². The number of para-hydroxylation sites is 1. The van der Waals surface area contributed by atoms with Gasteiger partial charge in [-0.3, -0.25) is 14.4 Å². The fourth-order valence-electron chi connectivity index (χ4n) is 4.74. The number of fused-ring (bicyclic) bond motifs is 2. The third-order valence-corrected chi connectivity index (χ3v) is 6.28. The van der Waals surface area contributed by atoms with Crippen LogP contribution in [0.15, 0.2) is 30.5 Å². The van der Waals surface area contributed by atoms with Crippen molar-refractivity contribution in [1.29, 1.82) is 0 Å². The first-order valence-corrected chi connectivity index (χ1v) is 10.8. The van der Waals surface area contributed by atoms with Crippen molar-refractivity contribution in [1.82, 2.24) is 20.0 Å². The topological polar surface area (TPSA) is 59.4 Å². The molecule has 4 rings (SSSR count). The SMILES string of the molecule is Cc1nn(C)cc1CN1CC[C@H]2NC(=O)COc3ccccc3CCCC[C@H]2C1. The van der Waals surface area contributed by atoms with Gasteiger partial charge < -0.3 is 10.1 Å². The first-order chi connectivity index (χ1) is 14.1. The van der Waals surface area contributed by atoms with Crippen LogP contribution in [0.25, 0.3) is 0 Å². The highest BCUT2D eigenvalue weighted by molar-refractivity contribution is 5.78. The molecule has 2 aromatic rings. The van der Waals surface area contributed by atoms with Crippen molar-refractivity contribution in [3.05, 3.63) is 47.3 Å². The molecule has 0 saturated carbocycles. The number of nitrogens with zero attached hydrogens (tertiary/aromatic N) is 3. The van der Waals surface area contributed by atoms with E-state index in [9.17, 15) is 4.79 Å². The molecule has 2 aliphatic heterocycles. The van der Waals surface area contributed by atoms with Crippen LogP contribution >= 0.6 is 0 Å². The Labute approximate surface area is 173 Å². The van der Waals surface area contributed by atoms with E-state index in [1.165, 1.54) is 17.5 Å². The van der Waals surface area contributed by atoms with E-state index in [1.54, 1.807) is 0 Å². The molecule has 1 saturated heterocycles. The van der Waals surface area contributed by atoms with E-state index in [0.29, 0.717) is 5.92 Å². The van der Waals surface area contributed by atoms with Crippen molar-refractivity contribution in [2.45, 2.75) is 51.6 Å². The lowest BCUT2D eigenvalue weighted by Gasteiger charge is -2.39. The fraction of sp³-hybridized carbons (Fsp3) is 0.565. The van der Waals surface area contributed by atoms with E-state index < -0.39 is 0 Å². The zero-order chi connectivity index (χ0) is 20.2. The number of nitrogens with one attached hydrogen (secondary N) is 1. The Kier molecular flexibility index (Phi) is 6.19. The van der Waals surface area contributed by atoms with Crippen LogP contribution in [-0.4, -0.2) is 46.3 Å². The van der Waals surface area contributed by atoms with Gasteiger partial charge in [-0.15, -0.1) is 0 Å². The highest BCUT2D eigenvalue weighted by Crippen LogP contribution is 2.27. The molecule has 1 N–H and O–H groups in total. The molecule has 0 unspecified atom stereocenters. The second kappa shape index (κ2) is 8.99. The fourth-order valence-corrected chi connectivity index (χ4v) is 4.74. The summed E-state index contributed by atoms with van der Waals surface area (Å²) in [5, 5.41) is 7.74. The highest BCUT2D eigenvalue weighted by Gasteiger charge is 2.30. The lowest BCUT2D eigenvalue weighted by Crippen LogP contribution is -2.51. The number of ether oxygens (including phenoxy) is 1. The van der Waals surface area contributed by atoms with Gasteiger partial charge in [-0.25, -0.2) is 0 Å². The van der Waals surface area contributed by atoms with Gasteiger partial charge in [0, 0.05) is 44.5 Å². The minimum atomic E-state index is -0.00747. The predicted octanol–water partition coefficient (Wildman–Crippen LogP) is 2.84. The summed E-state index contributed by atoms with van der Waals surface area (Å²) in [6, 6.07) is 8.34. The summed E-state index contributed by atoms with van der Waals surface area (Å²) < 4.78 is 7.73. The van der Waals surface area contributed by atoms with Gasteiger partial charge in [0.15, 0.2) is 6.61 Å². The summed E-state index contributed by atoms with van der Waals surface area (Å²) in [5.41, 5.74) is 3.61. The maximum Gasteiger partial charge on any atom is 0.258 e. The molecule has 6 heteroatoms. The summed E-state index contributed by atoms with van der Waals surface area (Å²) in [4.78, 5) is 15.0. The van der Waals surface area contributed by atoms with Gasteiger partial charge in [-0.2, -0.15) is 5.10 Å². The van der Waals surface area contributed by atoms with E-state index in [0.717, 1.165) is 56.8 Å². The van der Waals surface area contributed by atoms with Crippen LogP contribution in [0.4, 0.5) is 0 Å². The zero-order valence-electron chi connectivity index (χ0n) is 17.6. The number of likely N-dealkylation sites (tertiary alicyclic amines) is 1. The molecule has 1 amide bonds. The van der Waals surface area contributed by atoms with Crippen molar-refractivity contribution < 1.29 is 9.53 Å². The van der Waals surface area contributed by atoms with E-state index in [4.69, 9.17) is 4.74 Å². The summed E-state index contributed by atoms with van der Waals surface area (Å²) in [5.74, 6) is 1.33. The highest BCUT2D eigenvalue weighted by atomic mass is 16.5. The standard InChI is InChI=1S/C23H32N4O2/c1-17-20(13-26(2)25-17)15-27-12-11-21-19(14-27)9-4-3-7-18-8-5-6-10-22(18)29-16-23(28)24-21/h5-6,8,10,13,19,21H,3-4,7,9,11-12,14-16H2,1-2H3,(H,24,28)/t19-,21+/m0/s1. The molecule has 0 aliphatic carbocycles. The molecule has 1 fully saturated rings. The van der Waals surface area contributed by atoms with Crippen LogP contribution in [0, 0.1) is 12.8 Å². The molecule has 0 bridgehead atoms. The molecule has 2 aliphatic rings. The molecule has 29 heavy (non-hydrogen) atoms. The summed E-state index contributed by atoms with van der Waals surface area (Å²) in [6.45, 7) is 5.14. The van der Waals surface area contributed by atoms with E-state index in [1.807, 2.05) is 29.9 Å². The molecule has 2 atom stereocenters. The summed E-state index contributed by atoms with van der Waals surface area (Å²) >= 11 is 0. The Morgan fingerprint density at radius 1 is 1.24 bits per heavy atom. The average Bonchev–Trinajstić information content (AvgIpc) is 3.02. The van der Waals surface area contributed by atoms with Crippen molar-refractivity contribution in [2.24, 2.45) is 13.0 Å². The Morgan fingerprint density at radius 2 is 2.10 bits per heavy atom. The summed E-state index contributed by atoms with van der Waals surface area (Å²) in [6.07, 6.45) is 7.60. The number of aromatic nitrogens is 2. The molecule has 1 aromatic carbocycles. The Bertz CT molecular complexity index is 847. The second-order valence-corrected chi connectivity index (χ2v) is 8.51. The molecular formula is C23H32N4O2. The number of hydrogen-bond donors (Lipinski definition) is 1. The molecule has 3 heterocycles. The molecule has 0 radical (unpaired) electrons. The Morgan fingerprint density at radius 3 is 2.93 bits per heavy atom. The number of piperidine rings is 1. The maximum absolute atomic E-state index is 12.5. The number of aryl methyl sites for hydroxylation is 3. The number of carbonyl (C=O) groups is 1. The van der Waals surface area contributed by atoms with Gasteiger partial charge in [-0.1, -0.05) is 24.6 Å². The van der Waals surface area contributed by atoms with Crippen molar-refractivity contribution >= 4 is 5.91 Å². The zero-order valence-corrected chi connectivity index (χ0v) is 17.6. The normalized spacial score (nSPS) is 23.7. The van der Waals surface area contributed by atoms with Crippen LogP contribution in [0.3, 0.4) is 0 Å². The molecular weight excluding hydrogens is 364 g/mol. The number of hydrogen-bond acceptors (Lipinski definition) is 4. The first kappa shape index (κ1) is 20.0. The number of benzene rings is 1. The monoisotopic (exact) mass is 396 g/mol. The smallest absolute Gasteiger partial charge is 0.258 e. The molecule has 1 aromatic heterocycles. The van der Waals surface area contributed by atoms with E-state index >= 15 is 0 Å².